The first kappa shape index (κ1) is 22.7. The predicted molar refractivity (Wildman–Crippen MR) is 149 cm³/mol. The maximum Gasteiger partial charge on any atom is 0.260 e. The van der Waals surface area contributed by atoms with E-state index < -0.39 is 0 Å². The number of benzene rings is 3. The zero-order valence-corrected chi connectivity index (χ0v) is 20.5. The lowest BCUT2D eigenvalue weighted by Gasteiger charge is -2.22. The number of thiophene rings is 1. The van der Waals surface area contributed by atoms with Gasteiger partial charge in [0.15, 0.2) is 0 Å². The maximum absolute atomic E-state index is 13.6. The molecule has 37 heavy (non-hydrogen) atoms. The minimum Gasteiger partial charge on any atom is -0.354 e. The molecule has 0 spiro atoms. The summed E-state index contributed by atoms with van der Waals surface area (Å²) >= 11 is 1.58. The molecule has 1 aliphatic heterocycles. The summed E-state index contributed by atoms with van der Waals surface area (Å²) in [6, 6.07) is 28.5. The van der Waals surface area contributed by atoms with Gasteiger partial charge < -0.3 is 15.5 Å². The van der Waals surface area contributed by atoms with Crippen LogP contribution in [0.3, 0.4) is 0 Å². The molecular weight excluding hydrogens is 480 g/mol. The van der Waals surface area contributed by atoms with Gasteiger partial charge in [0.25, 0.3) is 11.8 Å². The van der Waals surface area contributed by atoms with Crippen molar-refractivity contribution in [3.63, 3.8) is 0 Å². The quantitative estimate of drug-likeness (QED) is 0.278. The Kier molecular flexibility index (Phi) is 5.96. The van der Waals surface area contributed by atoms with E-state index in [1.807, 2.05) is 83.6 Å². The topological polar surface area (TPSA) is 74.3 Å². The van der Waals surface area contributed by atoms with Gasteiger partial charge in [0.1, 0.15) is 5.82 Å². The highest BCUT2D eigenvalue weighted by molar-refractivity contribution is 7.08. The Bertz CT molecular complexity index is 1600. The minimum absolute atomic E-state index is 0.167. The molecule has 180 valence electrons. The van der Waals surface area contributed by atoms with E-state index >= 15 is 0 Å². The molecule has 3 heterocycles. The molecule has 2 amide bonds. The normalized spacial score (nSPS) is 12.1. The van der Waals surface area contributed by atoms with Gasteiger partial charge in [0.2, 0.25) is 0 Å². The Morgan fingerprint density at radius 3 is 2.46 bits per heavy atom. The summed E-state index contributed by atoms with van der Waals surface area (Å²) in [6.45, 7) is 0.427. The van der Waals surface area contributed by atoms with Gasteiger partial charge in [0, 0.05) is 17.4 Å². The average molecular weight is 503 g/mol. The molecule has 0 fully saturated rings. The van der Waals surface area contributed by atoms with E-state index in [0.717, 1.165) is 33.8 Å². The number of rotatable bonds is 4. The number of fused-ring (bicyclic) bond motifs is 2. The molecular formula is C30H22N4O2S. The molecule has 0 unspecified atom stereocenters. The van der Waals surface area contributed by atoms with E-state index in [4.69, 9.17) is 0 Å². The third-order valence-corrected chi connectivity index (χ3v) is 6.99. The summed E-state index contributed by atoms with van der Waals surface area (Å²) in [5.74, 6) is -0.0402. The van der Waals surface area contributed by atoms with Crippen molar-refractivity contribution in [2.45, 2.75) is 6.54 Å². The van der Waals surface area contributed by atoms with Crippen molar-refractivity contribution in [3.05, 3.63) is 125 Å². The monoisotopic (exact) mass is 502 g/mol. The lowest BCUT2D eigenvalue weighted by Crippen LogP contribution is -2.30. The minimum atomic E-state index is -0.252. The standard InChI is InChI=1S/C30H22N4O2S/c35-29(24-9-3-2-8-23(24)22-15-16-37-19-22)33-28-14-13-20(17-31-28)30(36)34-18-21-7-1-4-10-25(21)32-26-11-5-6-12-27(26)34/h1-17,19,32H,18H2,(H,31,33,35). The van der Waals surface area contributed by atoms with Crippen LogP contribution in [-0.2, 0) is 6.54 Å². The summed E-state index contributed by atoms with van der Waals surface area (Å²) in [5, 5.41) is 10.3. The van der Waals surface area contributed by atoms with Crippen molar-refractivity contribution < 1.29 is 9.59 Å². The summed E-state index contributed by atoms with van der Waals surface area (Å²) in [4.78, 5) is 32.8. The molecule has 0 aliphatic carbocycles. The van der Waals surface area contributed by atoms with E-state index in [1.165, 1.54) is 6.20 Å². The van der Waals surface area contributed by atoms with Gasteiger partial charge in [-0.2, -0.15) is 11.3 Å². The van der Waals surface area contributed by atoms with E-state index in [0.29, 0.717) is 23.5 Å². The lowest BCUT2D eigenvalue weighted by atomic mass is 10.0. The second-order valence-electron chi connectivity index (χ2n) is 8.63. The first-order chi connectivity index (χ1) is 18.2. The average Bonchev–Trinajstić information content (AvgIpc) is 3.42. The Hall–Kier alpha value is -4.75. The van der Waals surface area contributed by atoms with Crippen molar-refractivity contribution in [1.29, 1.82) is 0 Å². The Morgan fingerprint density at radius 2 is 1.65 bits per heavy atom. The molecule has 7 heteroatoms. The van der Waals surface area contributed by atoms with Crippen LogP contribution in [0.1, 0.15) is 26.3 Å². The van der Waals surface area contributed by atoms with Gasteiger partial charge in [-0.25, -0.2) is 4.98 Å². The lowest BCUT2D eigenvalue weighted by molar-refractivity contribution is 0.0984. The van der Waals surface area contributed by atoms with Crippen LogP contribution in [0.2, 0.25) is 0 Å². The molecule has 0 atom stereocenters. The van der Waals surface area contributed by atoms with Crippen molar-refractivity contribution in [2.75, 3.05) is 15.5 Å². The number of amides is 2. The number of hydrogen-bond donors (Lipinski definition) is 2. The molecule has 0 bridgehead atoms. The molecule has 1 aliphatic rings. The molecule has 3 aromatic carbocycles. The summed E-state index contributed by atoms with van der Waals surface area (Å²) in [7, 11) is 0. The Balaban J connectivity index is 1.24. The predicted octanol–water partition coefficient (Wildman–Crippen LogP) is 6.97. The number of nitrogens with zero attached hydrogens (tertiary/aromatic N) is 2. The van der Waals surface area contributed by atoms with E-state index in [-0.39, 0.29) is 11.8 Å². The molecule has 0 saturated carbocycles. The highest BCUT2D eigenvalue weighted by Gasteiger charge is 2.25. The van der Waals surface area contributed by atoms with Crippen LogP contribution in [0.5, 0.6) is 0 Å². The fourth-order valence-corrected chi connectivity index (χ4v) is 5.12. The van der Waals surface area contributed by atoms with Crippen molar-refractivity contribution >= 4 is 46.0 Å². The zero-order valence-electron chi connectivity index (χ0n) is 19.7. The van der Waals surface area contributed by atoms with Crippen LogP contribution in [0.15, 0.2) is 108 Å². The maximum atomic E-state index is 13.6. The van der Waals surface area contributed by atoms with Gasteiger partial charge in [-0.3, -0.25) is 9.59 Å². The Morgan fingerprint density at radius 1 is 0.865 bits per heavy atom. The molecule has 0 radical (unpaired) electrons. The fourth-order valence-electron chi connectivity index (χ4n) is 4.46. The summed E-state index contributed by atoms with van der Waals surface area (Å²) in [5.41, 5.74) is 6.52. The van der Waals surface area contributed by atoms with Crippen LogP contribution >= 0.6 is 11.3 Å². The van der Waals surface area contributed by atoms with Gasteiger partial charge in [-0.1, -0.05) is 48.5 Å². The zero-order chi connectivity index (χ0) is 25.2. The smallest absolute Gasteiger partial charge is 0.260 e. The van der Waals surface area contributed by atoms with Gasteiger partial charge in [-0.15, -0.1) is 0 Å². The Labute approximate surface area is 218 Å². The summed E-state index contributed by atoms with van der Waals surface area (Å²) < 4.78 is 0. The number of aromatic nitrogens is 1. The third kappa shape index (κ3) is 4.48. The van der Waals surface area contributed by atoms with E-state index in [2.05, 4.69) is 15.6 Å². The first-order valence-corrected chi connectivity index (χ1v) is 12.8. The molecule has 2 aromatic heterocycles. The van der Waals surface area contributed by atoms with Crippen LogP contribution < -0.4 is 15.5 Å². The number of hydrogen-bond acceptors (Lipinski definition) is 5. The van der Waals surface area contributed by atoms with Gasteiger partial charge in [0.05, 0.1) is 23.5 Å². The van der Waals surface area contributed by atoms with Crippen molar-refractivity contribution in [2.24, 2.45) is 0 Å². The number of nitrogens with one attached hydrogen (secondary N) is 2. The second kappa shape index (κ2) is 9.72. The number of carbonyl (C=O) groups excluding carboxylic acids is 2. The first-order valence-electron chi connectivity index (χ1n) is 11.8. The number of carbonyl (C=O) groups is 2. The molecule has 6 nitrogen and oxygen atoms in total. The van der Waals surface area contributed by atoms with Crippen LogP contribution in [0.4, 0.5) is 22.9 Å². The summed E-state index contributed by atoms with van der Waals surface area (Å²) in [6.07, 6.45) is 1.51. The number of para-hydroxylation sites is 3. The van der Waals surface area contributed by atoms with E-state index in [9.17, 15) is 9.59 Å². The highest BCUT2D eigenvalue weighted by atomic mass is 32.1. The van der Waals surface area contributed by atoms with Crippen LogP contribution in [0.25, 0.3) is 11.1 Å². The molecule has 5 aromatic rings. The van der Waals surface area contributed by atoms with Crippen molar-refractivity contribution in [3.8, 4) is 11.1 Å². The van der Waals surface area contributed by atoms with Crippen LogP contribution in [0, 0.1) is 0 Å². The SMILES string of the molecule is O=C(Nc1ccc(C(=O)N2Cc3ccccc3Nc3ccccc32)cn1)c1ccccc1-c1ccsc1. The largest absolute Gasteiger partial charge is 0.354 e. The molecule has 0 saturated heterocycles. The van der Waals surface area contributed by atoms with Crippen LogP contribution in [-0.4, -0.2) is 16.8 Å². The van der Waals surface area contributed by atoms with E-state index in [1.54, 1.807) is 34.4 Å². The third-order valence-electron chi connectivity index (χ3n) is 6.31. The fraction of sp³-hybridized carbons (Fsp3) is 0.0333. The van der Waals surface area contributed by atoms with Crippen molar-refractivity contribution in [1.82, 2.24) is 4.98 Å². The van der Waals surface area contributed by atoms with Gasteiger partial charge in [-0.05, 0) is 69.9 Å². The second-order valence-corrected chi connectivity index (χ2v) is 9.41. The highest BCUT2D eigenvalue weighted by Crippen LogP contribution is 2.36. The molecule has 2 N–H and O–H groups in total. The number of anilines is 4. The molecule has 6 rings (SSSR count). The number of pyridine rings is 1. The van der Waals surface area contributed by atoms with Gasteiger partial charge >= 0.3 is 0 Å².